The zero-order valence-corrected chi connectivity index (χ0v) is 15.4. The monoisotopic (exact) mass is 343 g/mol. The summed E-state index contributed by atoms with van der Waals surface area (Å²) >= 11 is 1.53. The molecule has 0 heterocycles. The van der Waals surface area contributed by atoms with Crippen molar-refractivity contribution in [3.8, 4) is 5.75 Å². The normalized spacial score (nSPS) is 10.7. The van der Waals surface area contributed by atoms with Crippen LogP contribution in [0.1, 0.15) is 30.9 Å². The molecule has 0 saturated heterocycles. The van der Waals surface area contributed by atoms with Crippen molar-refractivity contribution in [1.82, 2.24) is 5.32 Å². The number of benzene rings is 2. The van der Waals surface area contributed by atoms with Crippen molar-refractivity contribution >= 4 is 17.7 Å². The van der Waals surface area contributed by atoms with Gasteiger partial charge in [0.15, 0.2) is 0 Å². The molecule has 0 aliphatic heterocycles. The molecular weight excluding hydrogens is 318 g/mol. The average Bonchev–Trinajstić information content (AvgIpc) is 2.61. The highest BCUT2D eigenvalue weighted by Gasteiger charge is 2.04. The van der Waals surface area contributed by atoms with Crippen LogP contribution < -0.4 is 10.1 Å². The highest BCUT2D eigenvalue weighted by Crippen LogP contribution is 2.21. The van der Waals surface area contributed by atoms with Crippen LogP contribution in [0.3, 0.4) is 0 Å². The minimum Gasteiger partial charge on any atom is -0.497 e. The van der Waals surface area contributed by atoms with E-state index in [4.69, 9.17) is 4.74 Å². The molecule has 1 amide bonds. The number of rotatable bonds is 8. The predicted molar refractivity (Wildman–Crippen MR) is 101 cm³/mol. The summed E-state index contributed by atoms with van der Waals surface area (Å²) in [4.78, 5) is 13.0. The Morgan fingerprint density at radius 1 is 1.08 bits per heavy atom. The fourth-order valence-corrected chi connectivity index (χ4v) is 3.02. The zero-order chi connectivity index (χ0) is 17.4. The van der Waals surface area contributed by atoms with Crippen molar-refractivity contribution in [2.45, 2.75) is 31.1 Å². The fraction of sp³-hybridized carbons (Fsp3) is 0.350. The number of amides is 1. The van der Waals surface area contributed by atoms with Crippen LogP contribution in [0.15, 0.2) is 53.4 Å². The Kier molecular flexibility index (Phi) is 7.19. The van der Waals surface area contributed by atoms with Crippen LogP contribution >= 0.6 is 11.8 Å². The molecule has 0 aliphatic carbocycles. The van der Waals surface area contributed by atoms with Crippen molar-refractivity contribution in [3.05, 3.63) is 59.7 Å². The number of hydrogen-bond donors (Lipinski definition) is 1. The zero-order valence-electron chi connectivity index (χ0n) is 14.5. The summed E-state index contributed by atoms with van der Waals surface area (Å²) in [5.41, 5.74) is 2.60. The summed E-state index contributed by atoms with van der Waals surface area (Å²) in [6.07, 6.45) is 0.858. The van der Waals surface area contributed by atoms with Crippen molar-refractivity contribution in [1.29, 1.82) is 0 Å². The summed E-state index contributed by atoms with van der Waals surface area (Å²) in [5, 5.41) is 2.98. The summed E-state index contributed by atoms with van der Waals surface area (Å²) in [6.45, 7) is 5.05. The first-order valence-electron chi connectivity index (χ1n) is 8.21. The molecule has 1 N–H and O–H groups in total. The predicted octanol–water partition coefficient (Wildman–Crippen LogP) is 4.27. The van der Waals surface area contributed by atoms with Gasteiger partial charge in [0.25, 0.3) is 0 Å². The number of methoxy groups -OCH3 is 1. The van der Waals surface area contributed by atoms with E-state index in [2.05, 4.69) is 43.4 Å². The van der Waals surface area contributed by atoms with Gasteiger partial charge in [0.05, 0.1) is 12.9 Å². The van der Waals surface area contributed by atoms with Gasteiger partial charge in [-0.25, -0.2) is 0 Å². The first-order valence-corrected chi connectivity index (χ1v) is 9.19. The molecule has 0 aliphatic rings. The van der Waals surface area contributed by atoms with E-state index in [0.29, 0.717) is 18.2 Å². The topological polar surface area (TPSA) is 38.3 Å². The highest BCUT2D eigenvalue weighted by atomic mass is 32.2. The molecule has 2 rings (SSSR count). The standard InChI is InChI=1S/C20H25NO2S/c1-15(2)17-6-4-16(5-7-17)12-13-21-20(22)14-24-19-10-8-18(23-3)9-11-19/h4-11,15H,12-14H2,1-3H3,(H,21,22). The number of carbonyl (C=O) groups is 1. The van der Waals surface area contributed by atoms with Crippen LogP contribution in [0.25, 0.3) is 0 Å². The number of hydrogen-bond acceptors (Lipinski definition) is 3. The summed E-state index contributed by atoms with van der Waals surface area (Å²) in [6, 6.07) is 16.4. The Morgan fingerprint density at radius 2 is 1.75 bits per heavy atom. The molecule has 0 aromatic heterocycles. The van der Waals surface area contributed by atoms with Crippen LogP contribution in [-0.2, 0) is 11.2 Å². The quantitative estimate of drug-likeness (QED) is 0.728. The van der Waals surface area contributed by atoms with E-state index in [1.165, 1.54) is 22.9 Å². The van der Waals surface area contributed by atoms with Crippen LogP contribution in [0.2, 0.25) is 0 Å². The summed E-state index contributed by atoms with van der Waals surface area (Å²) in [5.74, 6) is 1.87. The Morgan fingerprint density at radius 3 is 2.33 bits per heavy atom. The van der Waals surface area contributed by atoms with Gasteiger partial charge in [0.2, 0.25) is 5.91 Å². The SMILES string of the molecule is COc1ccc(SCC(=O)NCCc2ccc(C(C)C)cc2)cc1. The maximum absolute atomic E-state index is 11.9. The smallest absolute Gasteiger partial charge is 0.230 e. The third-order valence-corrected chi connectivity index (χ3v) is 4.82. The van der Waals surface area contributed by atoms with Gasteiger partial charge >= 0.3 is 0 Å². The fourth-order valence-electron chi connectivity index (χ4n) is 2.29. The lowest BCUT2D eigenvalue weighted by atomic mass is 10.0. The maximum atomic E-state index is 11.9. The molecule has 2 aromatic rings. The molecule has 0 fully saturated rings. The highest BCUT2D eigenvalue weighted by molar-refractivity contribution is 8.00. The minimum absolute atomic E-state index is 0.0645. The second-order valence-electron chi connectivity index (χ2n) is 5.96. The second kappa shape index (κ2) is 9.38. The van der Waals surface area contributed by atoms with E-state index < -0.39 is 0 Å². The lowest BCUT2D eigenvalue weighted by Crippen LogP contribution is -2.27. The second-order valence-corrected chi connectivity index (χ2v) is 7.01. The van der Waals surface area contributed by atoms with Gasteiger partial charge in [0.1, 0.15) is 5.75 Å². The number of ether oxygens (including phenoxy) is 1. The summed E-state index contributed by atoms with van der Waals surface area (Å²) in [7, 11) is 1.64. The van der Waals surface area contributed by atoms with Gasteiger partial charge in [-0.2, -0.15) is 0 Å². The molecular formula is C20H25NO2S. The van der Waals surface area contributed by atoms with Crippen molar-refractivity contribution in [2.24, 2.45) is 0 Å². The molecule has 0 radical (unpaired) electrons. The first kappa shape index (κ1) is 18.4. The Labute approximate surface area is 148 Å². The molecule has 2 aromatic carbocycles. The van der Waals surface area contributed by atoms with Crippen molar-refractivity contribution in [3.63, 3.8) is 0 Å². The first-order chi connectivity index (χ1) is 11.6. The van der Waals surface area contributed by atoms with E-state index in [1.807, 2.05) is 24.3 Å². The molecule has 24 heavy (non-hydrogen) atoms. The van der Waals surface area contributed by atoms with Crippen molar-refractivity contribution in [2.75, 3.05) is 19.4 Å². The molecule has 3 nitrogen and oxygen atoms in total. The van der Waals surface area contributed by atoms with Crippen LogP contribution in [0, 0.1) is 0 Å². The van der Waals surface area contributed by atoms with Gasteiger partial charge in [-0.15, -0.1) is 11.8 Å². The molecule has 0 unspecified atom stereocenters. The van der Waals surface area contributed by atoms with E-state index >= 15 is 0 Å². The largest absolute Gasteiger partial charge is 0.497 e. The third-order valence-electron chi connectivity index (χ3n) is 3.81. The molecule has 128 valence electrons. The van der Waals surface area contributed by atoms with Crippen LogP contribution in [-0.4, -0.2) is 25.3 Å². The third kappa shape index (κ3) is 5.93. The van der Waals surface area contributed by atoms with Gasteiger partial charge < -0.3 is 10.1 Å². The Hall–Kier alpha value is -1.94. The maximum Gasteiger partial charge on any atom is 0.230 e. The van der Waals surface area contributed by atoms with Gasteiger partial charge in [-0.3, -0.25) is 4.79 Å². The molecule has 4 heteroatoms. The van der Waals surface area contributed by atoms with Gasteiger partial charge in [-0.05, 0) is 47.7 Å². The molecule has 0 bridgehead atoms. The van der Waals surface area contributed by atoms with E-state index in [1.54, 1.807) is 7.11 Å². The molecule has 0 atom stereocenters. The van der Waals surface area contributed by atoms with Gasteiger partial charge in [-0.1, -0.05) is 38.1 Å². The number of thioether (sulfide) groups is 1. The minimum atomic E-state index is 0.0645. The van der Waals surface area contributed by atoms with Crippen LogP contribution in [0.5, 0.6) is 5.75 Å². The number of nitrogens with one attached hydrogen (secondary N) is 1. The van der Waals surface area contributed by atoms with E-state index in [-0.39, 0.29) is 5.91 Å². The lowest BCUT2D eigenvalue weighted by Gasteiger charge is -2.08. The lowest BCUT2D eigenvalue weighted by molar-refractivity contribution is -0.118. The van der Waals surface area contributed by atoms with E-state index in [9.17, 15) is 4.79 Å². The van der Waals surface area contributed by atoms with Crippen molar-refractivity contribution < 1.29 is 9.53 Å². The Bertz CT molecular complexity index is 636. The van der Waals surface area contributed by atoms with Crippen LogP contribution in [0.4, 0.5) is 0 Å². The van der Waals surface area contributed by atoms with E-state index in [0.717, 1.165) is 17.1 Å². The van der Waals surface area contributed by atoms with Gasteiger partial charge in [0, 0.05) is 11.4 Å². The number of carbonyl (C=O) groups excluding carboxylic acids is 1. The average molecular weight is 343 g/mol. The molecule has 0 saturated carbocycles. The molecule has 0 spiro atoms. The Balaban J connectivity index is 1.69. The summed E-state index contributed by atoms with van der Waals surface area (Å²) < 4.78 is 5.12.